The number of esters is 1. The Hall–Kier alpha value is -2.43. The Morgan fingerprint density at radius 1 is 1.23 bits per heavy atom. The Bertz CT molecular complexity index is 1140. The van der Waals surface area contributed by atoms with E-state index < -0.39 is 0 Å². The fraction of sp³-hybridized carbons (Fsp3) is 0.421. The summed E-state index contributed by atoms with van der Waals surface area (Å²) in [5.41, 5.74) is 1.86. The van der Waals surface area contributed by atoms with Crippen LogP contribution in [0, 0.1) is 6.92 Å². The van der Waals surface area contributed by atoms with E-state index in [1.165, 1.54) is 17.7 Å². The topological polar surface area (TPSA) is 92.9 Å². The van der Waals surface area contributed by atoms with Crippen molar-refractivity contribution in [2.24, 2.45) is 0 Å². The average molecular weight is 483 g/mol. The van der Waals surface area contributed by atoms with E-state index in [2.05, 4.69) is 20.0 Å². The third-order valence-corrected chi connectivity index (χ3v) is 6.57. The smallest absolute Gasteiger partial charge is 0.310 e. The highest BCUT2D eigenvalue weighted by Crippen LogP contribution is 2.32. The maximum atomic E-state index is 12.9. The predicted molar refractivity (Wildman–Crippen MR) is 118 cm³/mol. The number of piperazine rings is 1. The second-order valence-corrected chi connectivity index (χ2v) is 9.26. The molecule has 0 aromatic carbocycles. The zero-order valence-corrected chi connectivity index (χ0v) is 19.3. The van der Waals surface area contributed by atoms with Crippen molar-refractivity contribution in [1.29, 1.82) is 0 Å². The van der Waals surface area contributed by atoms with Crippen molar-refractivity contribution in [2.75, 3.05) is 37.7 Å². The van der Waals surface area contributed by atoms with Gasteiger partial charge in [0.05, 0.1) is 22.9 Å². The largest absolute Gasteiger partial charge is 0.466 e. The number of rotatable bonds is 5. The summed E-state index contributed by atoms with van der Waals surface area (Å²) < 4.78 is 7.65. The summed E-state index contributed by atoms with van der Waals surface area (Å²) in [5, 5.41) is 4.30. The Labute approximate surface area is 192 Å². The Morgan fingerprint density at radius 3 is 2.61 bits per heavy atom. The SMILES string of the molecule is CCOC(=O)Cc1c(C)nc2ncnn2c1N1CCN(C(=O)c2cc(Cl)sc2Cl)CC1. The summed E-state index contributed by atoms with van der Waals surface area (Å²) in [5.74, 6) is 0.734. The second-order valence-electron chi connectivity index (χ2n) is 6.97. The number of carbonyl (C=O) groups is 2. The molecule has 1 aliphatic rings. The average Bonchev–Trinajstić information content (AvgIpc) is 3.33. The summed E-state index contributed by atoms with van der Waals surface area (Å²) in [6, 6.07) is 1.60. The van der Waals surface area contributed by atoms with Crippen molar-refractivity contribution in [3.05, 3.63) is 37.9 Å². The normalized spacial score (nSPS) is 14.3. The van der Waals surface area contributed by atoms with Crippen LogP contribution in [0.3, 0.4) is 0 Å². The van der Waals surface area contributed by atoms with Gasteiger partial charge in [0.2, 0.25) is 0 Å². The molecular formula is C19H20Cl2N6O3S. The number of thiophene rings is 1. The number of hydrogen-bond acceptors (Lipinski definition) is 8. The van der Waals surface area contributed by atoms with Gasteiger partial charge in [-0.25, -0.2) is 4.98 Å². The van der Waals surface area contributed by atoms with Crippen molar-refractivity contribution in [2.45, 2.75) is 20.3 Å². The lowest BCUT2D eigenvalue weighted by atomic mass is 10.1. The van der Waals surface area contributed by atoms with Gasteiger partial charge < -0.3 is 14.5 Å². The molecular weight excluding hydrogens is 463 g/mol. The molecule has 1 amide bonds. The van der Waals surface area contributed by atoms with Crippen molar-refractivity contribution in [3.8, 4) is 0 Å². The minimum absolute atomic E-state index is 0.0833. The van der Waals surface area contributed by atoms with E-state index in [0.717, 1.165) is 11.4 Å². The van der Waals surface area contributed by atoms with E-state index in [1.807, 2.05) is 6.92 Å². The second kappa shape index (κ2) is 8.97. The molecule has 9 nitrogen and oxygen atoms in total. The van der Waals surface area contributed by atoms with Gasteiger partial charge in [0.1, 0.15) is 16.5 Å². The van der Waals surface area contributed by atoms with Gasteiger partial charge in [-0.2, -0.15) is 14.6 Å². The van der Waals surface area contributed by atoms with Gasteiger partial charge in [0, 0.05) is 37.4 Å². The molecule has 12 heteroatoms. The van der Waals surface area contributed by atoms with E-state index in [1.54, 1.807) is 22.4 Å². The van der Waals surface area contributed by atoms with Gasteiger partial charge in [-0.1, -0.05) is 23.2 Å². The first-order valence-electron chi connectivity index (χ1n) is 9.73. The molecule has 0 bridgehead atoms. The first kappa shape index (κ1) is 21.8. The lowest BCUT2D eigenvalue weighted by molar-refractivity contribution is -0.142. The molecule has 0 N–H and O–H groups in total. The number of fused-ring (bicyclic) bond motifs is 1. The molecule has 0 radical (unpaired) electrons. The molecule has 1 fully saturated rings. The molecule has 1 aliphatic heterocycles. The molecule has 3 aromatic heterocycles. The maximum absolute atomic E-state index is 12.9. The molecule has 1 saturated heterocycles. The van der Waals surface area contributed by atoms with E-state index >= 15 is 0 Å². The number of amides is 1. The summed E-state index contributed by atoms with van der Waals surface area (Å²) in [6.45, 7) is 5.99. The van der Waals surface area contributed by atoms with E-state index in [4.69, 9.17) is 27.9 Å². The third-order valence-electron chi connectivity index (χ3n) is 5.08. The van der Waals surface area contributed by atoms with E-state index in [0.29, 0.717) is 58.5 Å². The van der Waals surface area contributed by atoms with Gasteiger partial charge in [-0.15, -0.1) is 11.3 Å². The lowest BCUT2D eigenvalue weighted by Crippen LogP contribution is -2.49. The van der Waals surface area contributed by atoms with Crippen molar-refractivity contribution in [3.63, 3.8) is 0 Å². The highest BCUT2D eigenvalue weighted by atomic mass is 35.5. The summed E-state index contributed by atoms with van der Waals surface area (Å²) >= 11 is 13.3. The Morgan fingerprint density at radius 2 is 1.97 bits per heavy atom. The number of anilines is 1. The van der Waals surface area contributed by atoms with Crippen LogP contribution in [0.4, 0.5) is 5.82 Å². The van der Waals surface area contributed by atoms with Crippen molar-refractivity contribution < 1.29 is 14.3 Å². The number of hydrogen-bond donors (Lipinski definition) is 0. The Balaban J connectivity index is 1.59. The number of nitrogens with zero attached hydrogens (tertiary/aromatic N) is 6. The summed E-state index contributed by atoms with van der Waals surface area (Å²) in [7, 11) is 0. The number of halogens is 2. The van der Waals surface area contributed by atoms with Crippen LogP contribution < -0.4 is 4.90 Å². The van der Waals surface area contributed by atoms with Gasteiger partial charge in [0.15, 0.2) is 0 Å². The van der Waals surface area contributed by atoms with Gasteiger partial charge >= 0.3 is 5.97 Å². The lowest BCUT2D eigenvalue weighted by Gasteiger charge is -2.36. The highest BCUT2D eigenvalue weighted by molar-refractivity contribution is 7.20. The van der Waals surface area contributed by atoms with E-state index in [9.17, 15) is 9.59 Å². The molecule has 0 aliphatic carbocycles. The van der Waals surface area contributed by atoms with Crippen LogP contribution in [0.1, 0.15) is 28.5 Å². The summed E-state index contributed by atoms with van der Waals surface area (Å²) in [4.78, 5) is 37.6. The standard InChI is InChI=1S/C19H20Cl2N6O3S/c1-3-30-15(28)9-12-11(2)24-19-22-10-23-27(19)17(12)25-4-6-26(7-5-25)18(29)13-8-14(20)31-16(13)21/h8,10H,3-7,9H2,1-2H3. The number of aromatic nitrogens is 4. The number of carbonyl (C=O) groups excluding carboxylic acids is 2. The fourth-order valence-corrected chi connectivity index (χ4v) is 5.08. The van der Waals surface area contributed by atoms with Crippen LogP contribution >= 0.6 is 34.5 Å². The van der Waals surface area contributed by atoms with Crippen LogP contribution in [0.15, 0.2) is 12.4 Å². The minimum atomic E-state index is -0.328. The molecule has 4 rings (SSSR count). The van der Waals surface area contributed by atoms with E-state index in [-0.39, 0.29) is 18.3 Å². The third kappa shape index (κ3) is 4.32. The number of ether oxygens (including phenoxy) is 1. The van der Waals surface area contributed by atoms with Crippen LogP contribution in [0.2, 0.25) is 8.67 Å². The molecule has 31 heavy (non-hydrogen) atoms. The van der Waals surface area contributed by atoms with Gasteiger partial charge in [0.25, 0.3) is 11.7 Å². The van der Waals surface area contributed by atoms with Gasteiger partial charge in [-0.3, -0.25) is 9.59 Å². The first-order chi connectivity index (χ1) is 14.9. The van der Waals surface area contributed by atoms with Crippen LogP contribution in [0.25, 0.3) is 5.78 Å². The first-order valence-corrected chi connectivity index (χ1v) is 11.3. The van der Waals surface area contributed by atoms with Crippen molar-refractivity contribution >= 4 is 58.0 Å². The summed E-state index contributed by atoms with van der Waals surface area (Å²) in [6.07, 6.45) is 1.52. The highest BCUT2D eigenvalue weighted by Gasteiger charge is 2.29. The predicted octanol–water partition coefficient (Wildman–Crippen LogP) is 2.87. The molecule has 0 saturated carbocycles. The van der Waals surface area contributed by atoms with Crippen molar-refractivity contribution in [1.82, 2.24) is 24.5 Å². The number of aryl methyl sites for hydroxylation is 1. The molecule has 3 aromatic rings. The molecule has 164 valence electrons. The van der Waals surface area contributed by atoms with Crippen LogP contribution in [-0.2, 0) is 16.0 Å². The quantitative estimate of drug-likeness (QED) is 0.516. The molecule has 0 spiro atoms. The molecule has 0 unspecified atom stereocenters. The monoisotopic (exact) mass is 482 g/mol. The van der Waals surface area contributed by atoms with Crippen LogP contribution in [-0.4, -0.2) is 69.1 Å². The minimum Gasteiger partial charge on any atom is -0.466 e. The molecule has 4 heterocycles. The zero-order valence-electron chi connectivity index (χ0n) is 17.0. The zero-order chi connectivity index (χ0) is 22.1. The molecule has 0 atom stereocenters. The maximum Gasteiger partial charge on any atom is 0.310 e. The van der Waals surface area contributed by atoms with Crippen LogP contribution in [0.5, 0.6) is 0 Å². The fourth-order valence-electron chi connectivity index (χ4n) is 3.63. The van der Waals surface area contributed by atoms with Gasteiger partial charge in [-0.05, 0) is 19.9 Å². The Kier molecular flexibility index (Phi) is 6.31.